The summed E-state index contributed by atoms with van der Waals surface area (Å²) in [7, 11) is 0. The second kappa shape index (κ2) is 4.76. The standard InChI is InChI=1S/C14H15BrO3/c1-14(2,3)18-13(16)12-7-10-6-9(8-15)4-5-11(10)17-12/h4-7H,8H2,1-3H3. The number of halogens is 1. The number of alkyl halides is 1. The SMILES string of the molecule is CC(C)(C)OC(=O)c1cc2cc(CBr)ccc2o1. The molecule has 0 aliphatic rings. The molecule has 0 N–H and O–H groups in total. The van der Waals surface area contributed by atoms with E-state index >= 15 is 0 Å². The number of hydrogen-bond donors (Lipinski definition) is 0. The fourth-order valence-corrected chi connectivity index (χ4v) is 1.95. The highest BCUT2D eigenvalue weighted by atomic mass is 79.9. The second-order valence-electron chi connectivity index (χ2n) is 5.12. The van der Waals surface area contributed by atoms with Gasteiger partial charge in [0.05, 0.1) is 0 Å². The molecule has 1 aromatic carbocycles. The number of fused-ring (bicyclic) bond motifs is 1. The van der Waals surface area contributed by atoms with Crippen LogP contribution in [0.2, 0.25) is 0 Å². The fraction of sp³-hybridized carbons (Fsp3) is 0.357. The van der Waals surface area contributed by atoms with Gasteiger partial charge in [0.1, 0.15) is 11.2 Å². The summed E-state index contributed by atoms with van der Waals surface area (Å²) in [6, 6.07) is 7.52. The minimum atomic E-state index is -0.517. The molecule has 0 aliphatic heterocycles. The third-order valence-corrected chi connectivity index (χ3v) is 2.98. The van der Waals surface area contributed by atoms with Crippen molar-refractivity contribution < 1.29 is 13.9 Å². The van der Waals surface area contributed by atoms with Crippen LogP contribution in [-0.4, -0.2) is 11.6 Å². The molecule has 0 amide bonds. The van der Waals surface area contributed by atoms with E-state index in [1.165, 1.54) is 0 Å². The lowest BCUT2D eigenvalue weighted by Gasteiger charge is -2.18. The third kappa shape index (κ3) is 2.93. The number of esters is 1. The van der Waals surface area contributed by atoms with Crippen LogP contribution in [0.4, 0.5) is 0 Å². The van der Waals surface area contributed by atoms with Gasteiger partial charge in [-0.3, -0.25) is 0 Å². The maximum absolute atomic E-state index is 11.9. The number of rotatable bonds is 2. The largest absolute Gasteiger partial charge is 0.454 e. The number of hydrogen-bond acceptors (Lipinski definition) is 3. The van der Waals surface area contributed by atoms with Crippen molar-refractivity contribution >= 4 is 32.9 Å². The Morgan fingerprint density at radius 1 is 1.33 bits per heavy atom. The Kier molecular flexibility index (Phi) is 3.48. The molecule has 0 atom stereocenters. The van der Waals surface area contributed by atoms with Gasteiger partial charge in [0.2, 0.25) is 5.76 Å². The highest BCUT2D eigenvalue weighted by Crippen LogP contribution is 2.23. The van der Waals surface area contributed by atoms with Gasteiger partial charge in [-0.1, -0.05) is 22.0 Å². The van der Waals surface area contributed by atoms with Crippen LogP contribution in [0, 0.1) is 0 Å². The first-order valence-electron chi connectivity index (χ1n) is 5.71. The third-order valence-electron chi connectivity index (χ3n) is 2.34. The van der Waals surface area contributed by atoms with E-state index in [4.69, 9.17) is 9.15 Å². The lowest BCUT2D eigenvalue weighted by Crippen LogP contribution is -2.23. The van der Waals surface area contributed by atoms with E-state index in [0.29, 0.717) is 5.58 Å². The smallest absolute Gasteiger partial charge is 0.374 e. The molecule has 1 heterocycles. The monoisotopic (exact) mass is 310 g/mol. The first-order chi connectivity index (χ1) is 8.39. The van der Waals surface area contributed by atoms with Crippen molar-refractivity contribution in [1.29, 1.82) is 0 Å². The topological polar surface area (TPSA) is 39.4 Å². The Hall–Kier alpha value is -1.29. The highest BCUT2D eigenvalue weighted by Gasteiger charge is 2.21. The minimum Gasteiger partial charge on any atom is -0.454 e. The molecule has 0 fully saturated rings. The van der Waals surface area contributed by atoms with Crippen molar-refractivity contribution in [1.82, 2.24) is 0 Å². The molecular weight excluding hydrogens is 296 g/mol. The predicted molar refractivity (Wildman–Crippen MR) is 74.0 cm³/mol. The molecule has 0 spiro atoms. The molecule has 2 rings (SSSR count). The van der Waals surface area contributed by atoms with Gasteiger partial charge in [0.15, 0.2) is 0 Å². The van der Waals surface area contributed by atoms with Gasteiger partial charge in [-0.05, 0) is 44.5 Å². The summed E-state index contributed by atoms with van der Waals surface area (Å²) in [5.74, 6) is -0.189. The average molecular weight is 311 g/mol. The van der Waals surface area contributed by atoms with Gasteiger partial charge in [-0.2, -0.15) is 0 Å². The fourth-order valence-electron chi connectivity index (χ4n) is 1.60. The minimum absolute atomic E-state index is 0.242. The van der Waals surface area contributed by atoms with Crippen LogP contribution in [0.5, 0.6) is 0 Å². The first kappa shape index (κ1) is 13.1. The van der Waals surface area contributed by atoms with E-state index in [9.17, 15) is 4.79 Å². The van der Waals surface area contributed by atoms with E-state index < -0.39 is 11.6 Å². The second-order valence-corrected chi connectivity index (χ2v) is 5.68. The van der Waals surface area contributed by atoms with Crippen molar-refractivity contribution in [2.75, 3.05) is 0 Å². The lowest BCUT2D eigenvalue weighted by atomic mass is 10.2. The summed E-state index contributed by atoms with van der Waals surface area (Å²) in [4.78, 5) is 11.9. The Morgan fingerprint density at radius 3 is 2.67 bits per heavy atom. The van der Waals surface area contributed by atoms with Crippen LogP contribution in [0.1, 0.15) is 36.9 Å². The van der Waals surface area contributed by atoms with E-state index in [1.54, 1.807) is 6.07 Å². The normalized spacial score (nSPS) is 11.8. The molecule has 18 heavy (non-hydrogen) atoms. The summed E-state index contributed by atoms with van der Waals surface area (Å²) in [6.07, 6.45) is 0. The van der Waals surface area contributed by atoms with Crippen LogP contribution in [0.3, 0.4) is 0 Å². The summed E-state index contributed by atoms with van der Waals surface area (Å²) >= 11 is 3.40. The predicted octanol–water partition coefficient (Wildman–Crippen LogP) is 4.28. The van der Waals surface area contributed by atoms with E-state index in [0.717, 1.165) is 16.3 Å². The van der Waals surface area contributed by atoms with Gasteiger partial charge in [0, 0.05) is 10.7 Å². The highest BCUT2D eigenvalue weighted by molar-refractivity contribution is 9.08. The van der Waals surface area contributed by atoms with Gasteiger partial charge in [-0.15, -0.1) is 0 Å². The maximum Gasteiger partial charge on any atom is 0.374 e. The van der Waals surface area contributed by atoms with Crippen LogP contribution in [0.15, 0.2) is 28.7 Å². The number of carbonyl (C=O) groups is 1. The molecule has 0 aliphatic carbocycles. The van der Waals surface area contributed by atoms with Crippen molar-refractivity contribution in [3.8, 4) is 0 Å². The summed E-state index contributed by atoms with van der Waals surface area (Å²) < 4.78 is 10.8. The first-order valence-corrected chi connectivity index (χ1v) is 6.83. The van der Waals surface area contributed by atoms with E-state index in [1.807, 2.05) is 39.0 Å². The zero-order valence-electron chi connectivity index (χ0n) is 10.6. The summed E-state index contributed by atoms with van der Waals surface area (Å²) in [5.41, 5.74) is 1.32. The van der Waals surface area contributed by atoms with Crippen molar-refractivity contribution in [2.24, 2.45) is 0 Å². The van der Waals surface area contributed by atoms with Gasteiger partial charge >= 0.3 is 5.97 Å². The Morgan fingerprint density at radius 2 is 2.06 bits per heavy atom. The quantitative estimate of drug-likeness (QED) is 0.614. The Balaban J connectivity index is 2.32. The summed E-state index contributed by atoms with van der Waals surface area (Å²) in [6.45, 7) is 5.49. The molecule has 4 heteroatoms. The molecule has 3 nitrogen and oxygen atoms in total. The molecule has 2 aromatic rings. The number of carbonyl (C=O) groups excluding carboxylic acids is 1. The van der Waals surface area contributed by atoms with Crippen LogP contribution in [-0.2, 0) is 10.1 Å². The zero-order valence-corrected chi connectivity index (χ0v) is 12.2. The van der Waals surface area contributed by atoms with Crippen molar-refractivity contribution in [3.05, 3.63) is 35.6 Å². The number of furan rings is 1. The molecule has 0 unspecified atom stereocenters. The molecule has 0 radical (unpaired) electrons. The lowest BCUT2D eigenvalue weighted by molar-refractivity contribution is 0.00382. The summed E-state index contributed by atoms with van der Waals surface area (Å²) in [5, 5.41) is 1.68. The Bertz CT molecular complexity index is 578. The Labute approximate surface area is 114 Å². The number of benzene rings is 1. The number of ether oxygens (including phenoxy) is 1. The van der Waals surface area contributed by atoms with Gasteiger partial charge in [-0.25, -0.2) is 4.79 Å². The maximum atomic E-state index is 11.9. The zero-order chi connectivity index (χ0) is 13.3. The molecule has 0 saturated carbocycles. The van der Waals surface area contributed by atoms with E-state index in [2.05, 4.69) is 15.9 Å². The van der Waals surface area contributed by atoms with Crippen LogP contribution < -0.4 is 0 Å². The van der Waals surface area contributed by atoms with Gasteiger partial charge in [0.25, 0.3) is 0 Å². The molecular formula is C14H15BrO3. The molecule has 1 aromatic heterocycles. The van der Waals surface area contributed by atoms with Crippen LogP contribution in [0.25, 0.3) is 11.0 Å². The van der Waals surface area contributed by atoms with Crippen molar-refractivity contribution in [2.45, 2.75) is 31.7 Å². The van der Waals surface area contributed by atoms with E-state index in [-0.39, 0.29) is 5.76 Å². The molecule has 0 saturated heterocycles. The van der Waals surface area contributed by atoms with Crippen LogP contribution >= 0.6 is 15.9 Å². The van der Waals surface area contributed by atoms with Gasteiger partial charge < -0.3 is 9.15 Å². The molecule has 96 valence electrons. The average Bonchev–Trinajstić information content (AvgIpc) is 2.69. The van der Waals surface area contributed by atoms with Crippen molar-refractivity contribution in [3.63, 3.8) is 0 Å². The molecule has 0 bridgehead atoms.